The molecule has 1 fully saturated rings. The largest absolute Gasteiger partial charge is 0.165 e. The van der Waals surface area contributed by atoms with Gasteiger partial charge >= 0.3 is 0 Å². The van der Waals surface area contributed by atoms with Crippen LogP contribution in [0.25, 0.3) is 0 Å². The fraction of sp³-hybridized carbons (Fsp3) is 1.00. The van der Waals surface area contributed by atoms with Crippen molar-refractivity contribution in [3.05, 3.63) is 0 Å². The topological polar surface area (TPSA) is 0 Å². The van der Waals surface area contributed by atoms with E-state index in [4.69, 9.17) is 0 Å². The van der Waals surface area contributed by atoms with Crippen LogP contribution in [0.3, 0.4) is 0 Å². The van der Waals surface area contributed by atoms with Crippen LogP contribution in [0, 0.1) is 5.92 Å². The third kappa shape index (κ3) is 5.60. The SMILES string of the molecule is CSCCCCCCC1CC1. The van der Waals surface area contributed by atoms with E-state index in [0.29, 0.717) is 0 Å². The summed E-state index contributed by atoms with van der Waals surface area (Å²) in [5, 5.41) is 0. The summed E-state index contributed by atoms with van der Waals surface area (Å²) in [6, 6.07) is 0. The van der Waals surface area contributed by atoms with Gasteiger partial charge in [0.2, 0.25) is 0 Å². The molecule has 0 aromatic heterocycles. The molecular formula is C10H20S. The Hall–Kier alpha value is 0.350. The molecule has 66 valence electrons. The molecular weight excluding hydrogens is 152 g/mol. The highest BCUT2D eigenvalue weighted by Gasteiger charge is 2.19. The van der Waals surface area contributed by atoms with Crippen LogP contribution in [-0.2, 0) is 0 Å². The molecule has 0 unspecified atom stereocenters. The summed E-state index contributed by atoms with van der Waals surface area (Å²) >= 11 is 1.98. The Morgan fingerprint density at radius 2 is 1.82 bits per heavy atom. The van der Waals surface area contributed by atoms with Gasteiger partial charge in [-0.15, -0.1) is 0 Å². The Kier molecular flexibility index (Phi) is 5.09. The molecule has 0 nitrogen and oxygen atoms in total. The van der Waals surface area contributed by atoms with Gasteiger partial charge in [-0.2, -0.15) is 11.8 Å². The van der Waals surface area contributed by atoms with Crippen molar-refractivity contribution in [1.82, 2.24) is 0 Å². The van der Waals surface area contributed by atoms with Crippen molar-refractivity contribution in [2.45, 2.75) is 44.9 Å². The molecule has 1 aliphatic carbocycles. The number of thioether (sulfide) groups is 1. The zero-order chi connectivity index (χ0) is 7.94. The standard InChI is InChI=1S/C10H20S/c1-11-9-5-3-2-4-6-10-7-8-10/h10H,2-9H2,1H3. The van der Waals surface area contributed by atoms with E-state index in [1.54, 1.807) is 0 Å². The fourth-order valence-corrected chi connectivity index (χ4v) is 1.93. The molecule has 1 aliphatic rings. The van der Waals surface area contributed by atoms with Crippen molar-refractivity contribution in [2.24, 2.45) is 5.92 Å². The predicted octanol–water partition coefficient (Wildman–Crippen LogP) is 3.71. The van der Waals surface area contributed by atoms with E-state index >= 15 is 0 Å². The van der Waals surface area contributed by atoms with Crippen LogP contribution in [0.1, 0.15) is 44.9 Å². The normalized spacial score (nSPS) is 17.2. The molecule has 0 spiro atoms. The van der Waals surface area contributed by atoms with Crippen molar-refractivity contribution in [3.63, 3.8) is 0 Å². The molecule has 0 bridgehead atoms. The van der Waals surface area contributed by atoms with Crippen molar-refractivity contribution >= 4 is 11.8 Å². The van der Waals surface area contributed by atoms with Crippen LogP contribution in [0.5, 0.6) is 0 Å². The zero-order valence-corrected chi connectivity index (χ0v) is 8.46. The monoisotopic (exact) mass is 172 g/mol. The maximum Gasteiger partial charge on any atom is -0.00703 e. The molecule has 1 heteroatoms. The lowest BCUT2D eigenvalue weighted by Gasteiger charge is -1.98. The number of hydrogen-bond acceptors (Lipinski definition) is 1. The van der Waals surface area contributed by atoms with Gasteiger partial charge in [-0.05, 0) is 24.3 Å². The van der Waals surface area contributed by atoms with Gasteiger partial charge in [-0.25, -0.2) is 0 Å². The summed E-state index contributed by atoms with van der Waals surface area (Å²) < 4.78 is 0. The van der Waals surface area contributed by atoms with Gasteiger partial charge in [0.05, 0.1) is 0 Å². The molecule has 0 aliphatic heterocycles. The first-order valence-corrected chi connectivity index (χ1v) is 6.32. The van der Waals surface area contributed by atoms with E-state index in [-0.39, 0.29) is 0 Å². The predicted molar refractivity (Wildman–Crippen MR) is 54.2 cm³/mol. The molecule has 0 aromatic carbocycles. The molecule has 0 saturated heterocycles. The molecule has 0 radical (unpaired) electrons. The Labute approximate surface area is 75.1 Å². The lowest BCUT2D eigenvalue weighted by molar-refractivity contribution is 0.599. The van der Waals surface area contributed by atoms with Gasteiger partial charge in [-0.3, -0.25) is 0 Å². The first kappa shape index (κ1) is 9.44. The fourth-order valence-electron chi connectivity index (χ4n) is 1.44. The average Bonchev–Trinajstić information content (AvgIpc) is 2.80. The first-order chi connectivity index (χ1) is 5.43. The maximum absolute atomic E-state index is 2.20. The molecule has 0 heterocycles. The Morgan fingerprint density at radius 3 is 2.45 bits per heavy atom. The van der Waals surface area contributed by atoms with Gasteiger partial charge < -0.3 is 0 Å². The highest BCUT2D eigenvalue weighted by atomic mass is 32.2. The maximum atomic E-state index is 2.20. The van der Waals surface area contributed by atoms with E-state index in [1.165, 1.54) is 50.7 Å². The number of rotatable bonds is 7. The van der Waals surface area contributed by atoms with Gasteiger partial charge in [0.15, 0.2) is 0 Å². The van der Waals surface area contributed by atoms with E-state index in [9.17, 15) is 0 Å². The second kappa shape index (κ2) is 5.93. The van der Waals surface area contributed by atoms with E-state index in [1.807, 2.05) is 11.8 Å². The van der Waals surface area contributed by atoms with Crippen molar-refractivity contribution < 1.29 is 0 Å². The second-order valence-corrected chi connectivity index (χ2v) is 4.62. The van der Waals surface area contributed by atoms with Crippen molar-refractivity contribution in [3.8, 4) is 0 Å². The summed E-state index contributed by atoms with van der Waals surface area (Å²) in [5.41, 5.74) is 0. The molecule has 0 N–H and O–H groups in total. The molecule has 1 saturated carbocycles. The van der Waals surface area contributed by atoms with Crippen LogP contribution in [0.15, 0.2) is 0 Å². The minimum atomic E-state index is 1.15. The van der Waals surface area contributed by atoms with E-state index in [0.717, 1.165) is 5.92 Å². The highest BCUT2D eigenvalue weighted by Crippen LogP contribution is 2.34. The van der Waals surface area contributed by atoms with Gasteiger partial charge in [0.1, 0.15) is 0 Å². The van der Waals surface area contributed by atoms with Gasteiger partial charge in [-0.1, -0.05) is 38.5 Å². The number of unbranched alkanes of at least 4 members (excludes halogenated alkanes) is 3. The summed E-state index contributed by atoms with van der Waals surface area (Å²) in [5.74, 6) is 2.51. The van der Waals surface area contributed by atoms with E-state index in [2.05, 4.69) is 6.26 Å². The van der Waals surface area contributed by atoms with Crippen LogP contribution in [0.2, 0.25) is 0 Å². The third-order valence-electron chi connectivity index (χ3n) is 2.41. The van der Waals surface area contributed by atoms with Crippen LogP contribution in [0.4, 0.5) is 0 Å². The minimum Gasteiger partial charge on any atom is -0.165 e. The van der Waals surface area contributed by atoms with Crippen molar-refractivity contribution in [1.29, 1.82) is 0 Å². The minimum absolute atomic E-state index is 1.15. The summed E-state index contributed by atoms with van der Waals surface area (Å²) in [6.07, 6.45) is 12.7. The lowest BCUT2D eigenvalue weighted by atomic mass is 10.1. The number of hydrogen-bond donors (Lipinski definition) is 0. The summed E-state index contributed by atoms with van der Waals surface area (Å²) in [6.45, 7) is 0. The molecule has 11 heavy (non-hydrogen) atoms. The lowest BCUT2D eigenvalue weighted by Crippen LogP contribution is -1.82. The molecule has 0 atom stereocenters. The van der Waals surface area contributed by atoms with E-state index < -0.39 is 0 Å². The Bertz CT molecular complexity index is 86.9. The molecule has 0 amide bonds. The van der Waals surface area contributed by atoms with Gasteiger partial charge in [0.25, 0.3) is 0 Å². The molecule has 1 rings (SSSR count). The second-order valence-electron chi connectivity index (χ2n) is 3.64. The van der Waals surface area contributed by atoms with Crippen LogP contribution < -0.4 is 0 Å². The summed E-state index contributed by atoms with van der Waals surface area (Å²) in [4.78, 5) is 0. The van der Waals surface area contributed by atoms with Gasteiger partial charge in [0, 0.05) is 0 Å². The Morgan fingerprint density at radius 1 is 1.09 bits per heavy atom. The van der Waals surface area contributed by atoms with Crippen LogP contribution in [-0.4, -0.2) is 12.0 Å². The average molecular weight is 172 g/mol. The first-order valence-electron chi connectivity index (χ1n) is 4.92. The highest BCUT2D eigenvalue weighted by molar-refractivity contribution is 7.98. The van der Waals surface area contributed by atoms with Crippen molar-refractivity contribution in [2.75, 3.05) is 12.0 Å². The summed E-state index contributed by atoms with van der Waals surface area (Å²) in [7, 11) is 0. The van der Waals surface area contributed by atoms with Crippen LogP contribution >= 0.6 is 11.8 Å². The third-order valence-corrected chi connectivity index (χ3v) is 3.10. The smallest absolute Gasteiger partial charge is 0.00703 e. The molecule has 0 aromatic rings. The zero-order valence-electron chi connectivity index (χ0n) is 7.64. The Balaban J connectivity index is 1.66. The quantitative estimate of drug-likeness (QED) is 0.528.